The van der Waals surface area contributed by atoms with E-state index in [0.29, 0.717) is 24.2 Å². The van der Waals surface area contributed by atoms with Crippen LogP contribution in [0.25, 0.3) is 0 Å². The number of aryl methyl sites for hydroxylation is 2. The number of carbonyl (C=O) groups is 2. The maximum Gasteiger partial charge on any atom is 0.338 e. The number of hydrogen-bond donors (Lipinski definition) is 0. The Hall–Kier alpha value is -2.70. The van der Waals surface area contributed by atoms with Gasteiger partial charge in [0.1, 0.15) is 18.8 Å². The van der Waals surface area contributed by atoms with Gasteiger partial charge in [-0.25, -0.2) is 9.59 Å². The summed E-state index contributed by atoms with van der Waals surface area (Å²) in [5.74, 6) is -0.886. The first-order chi connectivity index (χ1) is 14.0. The Morgan fingerprint density at radius 2 is 1.48 bits per heavy atom. The second-order valence-corrected chi connectivity index (χ2v) is 7.07. The molecule has 6 heteroatoms. The fourth-order valence-electron chi connectivity index (χ4n) is 3.07. The van der Waals surface area contributed by atoms with Crippen LogP contribution >= 0.6 is 0 Å². The van der Waals surface area contributed by atoms with Crippen LogP contribution in [-0.2, 0) is 18.9 Å². The molecule has 0 amide bonds. The summed E-state index contributed by atoms with van der Waals surface area (Å²) in [6, 6.07) is 14.3. The van der Waals surface area contributed by atoms with Crippen molar-refractivity contribution in [2.75, 3.05) is 13.2 Å². The van der Waals surface area contributed by atoms with Gasteiger partial charge in [0.2, 0.25) is 0 Å². The summed E-state index contributed by atoms with van der Waals surface area (Å²) < 4.78 is 22.4. The van der Waals surface area contributed by atoms with Gasteiger partial charge in [-0.05, 0) is 45.0 Å². The van der Waals surface area contributed by atoms with Crippen LogP contribution in [0, 0.1) is 13.8 Å². The van der Waals surface area contributed by atoms with E-state index < -0.39 is 30.4 Å². The molecule has 1 heterocycles. The van der Waals surface area contributed by atoms with Gasteiger partial charge >= 0.3 is 11.9 Å². The largest absolute Gasteiger partial charge is 0.459 e. The van der Waals surface area contributed by atoms with Crippen molar-refractivity contribution in [1.82, 2.24) is 0 Å². The van der Waals surface area contributed by atoms with Crippen molar-refractivity contribution in [2.45, 2.75) is 45.7 Å². The van der Waals surface area contributed by atoms with Crippen LogP contribution < -0.4 is 0 Å². The standard InChI is InChI=1S/C23H26O6/c1-4-26-21-13-19(29-23(25)18-11-7-16(3)8-12-18)20(28-21)14-27-22(24)17-9-5-15(2)6-10-17/h5-12,19-21H,4,13-14H2,1-3H3/t19-,20+,21-/m0/s1. The average molecular weight is 398 g/mol. The Labute approximate surface area is 170 Å². The molecule has 0 aromatic heterocycles. The molecule has 1 fully saturated rings. The summed E-state index contributed by atoms with van der Waals surface area (Å²) in [6.07, 6.45) is -1.27. The first kappa shape index (κ1) is 21.0. The second kappa shape index (κ2) is 9.67. The van der Waals surface area contributed by atoms with E-state index in [9.17, 15) is 9.59 Å². The number of rotatable bonds is 7. The van der Waals surface area contributed by atoms with Gasteiger partial charge in [-0.3, -0.25) is 0 Å². The van der Waals surface area contributed by atoms with Crippen LogP contribution in [0.3, 0.4) is 0 Å². The molecule has 1 aliphatic heterocycles. The lowest BCUT2D eigenvalue weighted by atomic mass is 10.1. The quantitative estimate of drug-likeness (QED) is 0.660. The van der Waals surface area contributed by atoms with Crippen molar-refractivity contribution in [3.63, 3.8) is 0 Å². The highest BCUT2D eigenvalue weighted by atomic mass is 16.7. The molecule has 2 aromatic rings. The molecule has 1 saturated heterocycles. The third-order valence-corrected chi connectivity index (χ3v) is 4.73. The Morgan fingerprint density at radius 1 is 0.931 bits per heavy atom. The lowest BCUT2D eigenvalue weighted by Crippen LogP contribution is -2.32. The molecule has 1 aliphatic rings. The smallest absolute Gasteiger partial charge is 0.338 e. The highest BCUT2D eigenvalue weighted by Crippen LogP contribution is 2.26. The zero-order chi connectivity index (χ0) is 20.8. The number of benzene rings is 2. The molecule has 2 aromatic carbocycles. The number of esters is 2. The van der Waals surface area contributed by atoms with Gasteiger partial charge in [-0.15, -0.1) is 0 Å². The molecule has 29 heavy (non-hydrogen) atoms. The molecule has 0 saturated carbocycles. The summed E-state index contributed by atoms with van der Waals surface area (Å²) in [5, 5.41) is 0. The lowest BCUT2D eigenvalue weighted by molar-refractivity contribution is -0.141. The van der Waals surface area contributed by atoms with Crippen LogP contribution in [0.2, 0.25) is 0 Å². The molecule has 6 nitrogen and oxygen atoms in total. The number of carbonyl (C=O) groups excluding carboxylic acids is 2. The van der Waals surface area contributed by atoms with Crippen molar-refractivity contribution in [1.29, 1.82) is 0 Å². The van der Waals surface area contributed by atoms with Gasteiger partial charge in [0, 0.05) is 13.0 Å². The Balaban J connectivity index is 1.62. The maximum absolute atomic E-state index is 12.5. The summed E-state index contributed by atoms with van der Waals surface area (Å²) in [5.41, 5.74) is 3.04. The molecular weight excluding hydrogens is 372 g/mol. The van der Waals surface area contributed by atoms with Crippen LogP contribution in [-0.4, -0.2) is 43.7 Å². The summed E-state index contributed by atoms with van der Waals surface area (Å²) in [4.78, 5) is 24.8. The molecule has 0 aliphatic carbocycles. The Bertz CT molecular complexity index is 827. The normalized spacial score (nSPS) is 21.0. The molecule has 0 bridgehead atoms. The van der Waals surface area contributed by atoms with Crippen molar-refractivity contribution in [3.8, 4) is 0 Å². The SMILES string of the molecule is CCO[C@@H]1C[C@H](OC(=O)c2ccc(C)cc2)[C@@H](COC(=O)c2ccc(C)cc2)O1. The average Bonchev–Trinajstić information content (AvgIpc) is 3.08. The topological polar surface area (TPSA) is 71.1 Å². The van der Waals surface area contributed by atoms with Crippen LogP contribution in [0.15, 0.2) is 48.5 Å². The Kier molecular flexibility index (Phi) is 7.01. The van der Waals surface area contributed by atoms with Crippen molar-refractivity contribution in [2.24, 2.45) is 0 Å². The van der Waals surface area contributed by atoms with E-state index >= 15 is 0 Å². The van der Waals surface area contributed by atoms with E-state index in [0.717, 1.165) is 11.1 Å². The predicted molar refractivity (Wildman–Crippen MR) is 107 cm³/mol. The third-order valence-electron chi connectivity index (χ3n) is 4.73. The van der Waals surface area contributed by atoms with Gasteiger partial charge in [0.15, 0.2) is 6.29 Å². The van der Waals surface area contributed by atoms with Crippen LogP contribution in [0.4, 0.5) is 0 Å². The van der Waals surface area contributed by atoms with Crippen LogP contribution in [0.1, 0.15) is 45.2 Å². The molecule has 3 atom stereocenters. The second-order valence-electron chi connectivity index (χ2n) is 7.07. The zero-order valence-electron chi connectivity index (χ0n) is 16.9. The van der Waals surface area contributed by atoms with E-state index in [2.05, 4.69) is 0 Å². The van der Waals surface area contributed by atoms with E-state index in [-0.39, 0.29) is 6.61 Å². The van der Waals surface area contributed by atoms with Gasteiger partial charge in [-0.1, -0.05) is 35.4 Å². The monoisotopic (exact) mass is 398 g/mol. The first-order valence-corrected chi connectivity index (χ1v) is 9.74. The summed E-state index contributed by atoms with van der Waals surface area (Å²) in [6.45, 7) is 6.20. The summed E-state index contributed by atoms with van der Waals surface area (Å²) in [7, 11) is 0. The van der Waals surface area contributed by atoms with Crippen molar-refractivity contribution in [3.05, 3.63) is 70.8 Å². The number of ether oxygens (including phenoxy) is 4. The summed E-state index contributed by atoms with van der Waals surface area (Å²) >= 11 is 0. The molecule has 0 spiro atoms. The minimum Gasteiger partial charge on any atom is -0.459 e. The highest BCUT2D eigenvalue weighted by molar-refractivity contribution is 5.90. The van der Waals surface area contributed by atoms with Gasteiger partial charge in [0.05, 0.1) is 11.1 Å². The third kappa shape index (κ3) is 5.65. The zero-order valence-corrected chi connectivity index (χ0v) is 16.9. The van der Waals surface area contributed by atoms with E-state index in [1.165, 1.54) is 0 Å². The minimum absolute atomic E-state index is 0.0257. The highest BCUT2D eigenvalue weighted by Gasteiger charge is 2.39. The van der Waals surface area contributed by atoms with Gasteiger partial charge in [0.25, 0.3) is 0 Å². The molecule has 3 rings (SSSR count). The predicted octanol–water partition coefficient (Wildman–Crippen LogP) is 3.84. The van der Waals surface area contributed by atoms with E-state index in [4.69, 9.17) is 18.9 Å². The van der Waals surface area contributed by atoms with Crippen molar-refractivity contribution < 1.29 is 28.5 Å². The molecule has 0 unspecified atom stereocenters. The molecule has 0 N–H and O–H groups in total. The molecule has 154 valence electrons. The fourth-order valence-corrected chi connectivity index (χ4v) is 3.07. The van der Waals surface area contributed by atoms with Crippen LogP contribution in [0.5, 0.6) is 0 Å². The van der Waals surface area contributed by atoms with E-state index in [1.54, 1.807) is 24.3 Å². The molecule has 0 radical (unpaired) electrons. The fraction of sp³-hybridized carbons (Fsp3) is 0.391. The number of hydrogen-bond acceptors (Lipinski definition) is 6. The van der Waals surface area contributed by atoms with Gasteiger partial charge in [-0.2, -0.15) is 0 Å². The van der Waals surface area contributed by atoms with Crippen molar-refractivity contribution >= 4 is 11.9 Å². The van der Waals surface area contributed by atoms with Gasteiger partial charge < -0.3 is 18.9 Å². The maximum atomic E-state index is 12.5. The Morgan fingerprint density at radius 3 is 2.03 bits per heavy atom. The first-order valence-electron chi connectivity index (χ1n) is 9.74. The molecular formula is C23H26O6. The lowest BCUT2D eigenvalue weighted by Gasteiger charge is -2.19. The van der Waals surface area contributed by atoms with E-state index in [1.807, 2.05) is 45.0 Å². The minimum atomic E-state index is -0.588.